The zero-order chi connectivity index (χ0) is 17.1. The highest BCUT2D eigenvalue weighted by Crippen LogP contribution is 2.15. The van der Waals surface area contributed by atoms with E-state index in [1.165, 1.54) is 22.3 Å². The van der Waals surface area contributed by atoms with Gasteiger partial charge in [-0.05, 0) is 36.8 Å². The summed E-state index contributed by atoms with van der Waals surface area (Å²) in [5.74, 6) is 1.31. The molecule has 0 radical (unpaired) electrons. The molecule has 0 heteroatoms. The Balaban J connectivity index is 0. The predicted molar refractivity (Wildman–Crippen MR) is 109 cm³/mol. The Bertz CT molecular complexity index is 472. The van der Waals surface area contributed by atoms with Crippen LogP contribution in [0, 0.1) is 13.8 Å². The fourth-order valence-electron chi connectivity index (χ4n) is 2.06. The molecule has 0 bridgehead atoms. The van der Waals surface area contributed by atoms with Crippen LogP contribution >= 0.6 is 0 Å². The number of hydrogen-bond donors (Lipinski definition) is 0. The summed E-state index contributed by atoms with van der Waals surface area (Å²) in [6.45, 7) is 17.1. The van der Waals surface area contributed by atoms with Gasteiger partial charge in [0, 0.05) is 0 Å². The lowest BCUT2D eigenvalue weighted by molar-refractivity contribution is 0.865. The van der Waals surface area contributed by atoms with Gasteiger partial charge in [0.15, 0.2) is 0 Å². The minimum absolute atomic E-state index is 0. The van der Waals surface area contributed by atoms with Crippen molar-refractivity contribution in [3.05, 3.63) is 70.8 Å². The third-order valence-electron chi connectivity index (χ3n) is 3.42. The number of rotatable bonds is 2. The van der Waals surface area contributed by atoms with Crippen molar-refractivity contribution in [3.8, 4) is 0 Å². The maximum Gasteiger partial charge on any atom is -0.0219 e. The van der Waals surface area contributed by atoms with Gasteiger partial charge in [-0.25, -0.2) is 0 Å². The van der Waals surface area contributed by atoms with E-state index in [-0.39, 0.29) is 7.43 Å². The van der Waals surface area contributed by atoms with Crippen LogP contribution in [0.1, 0.15) is 83.1 Å². The molecule has 0 saturated heterocycles. The van der Waals surface area contributed by atoms with Crippen LogP contribution in [0.4, 0.5) is 0 Å². The van der Waals surface area contributed by atoms with Crippen LogP contribution in [-0.4, -0.2) is 0 Å². The number of hydrogen-bond acceptors (Lipinski definition) is 0. The van der Waals surface area contributed by atoms with Crippen molar-refractivity contribution in [2.45, 2.75) is 74.7 Å². The van der Waals surface area contributed by atoms with Gasteiger partial charge in [-0.15, -0.1) is 0 Å². The highest BCUT2D eigenvalue weighted by atomic mass is 14.0. The standard InChI is InChI=1S/2C10H14.C2H6.CH4/c2*1-8(2)10-6-4-5-9(3)7-10;1-2;/h2*4-8H,1-3H3;1-2H3;1H4. The molecule has 0 unspecified atom stereocenters. The van der Waals surface area contributed by atoms with Gasteiger partial charge in [-0.2, -0.15) is 0 Å². The van der Waals surface area contributed by atoms with Gasteiger partial charge in [0.2, 0.25) is 0 Å². The molecular weight excluding hydrogens is 276 g/mol. The first-order valence-corrected chi connectivity index (χ1v) is 8.53. The van der Waals surface area contributed by atoms with Gasteiger partial charge in [-0.3, -0.25) is 0 Å². The summed E-state index contributed by atoms with van der Waals surface area (Å²) < 4.78 is 0. The molecule has 0 amide bonds. The van der Waals surface area contributed by atoms with Crippen molar-refractivity contribution in [1.82, 2.24) is 0 Å². The lowest BCUT2D eigenvalue weighted by atomic mass is 10.0. The predicted octanol–water partition coefficient (Wildman–Crippen LogP) is 7.90. The second-order valence-electron chi connectivity index (χ2n) is 6.14. The molecule has 0 nitrogen and oxygen atoms in total. The third kappa shape index (κ3) is 9.94. The van der Waals surface area contributed by atoms with Crippen LogP contribution in [0.15, 0.2) is 48.5 Å². The van der Waals surface area contributed by atoms with Crippen molar-refractivity contribution in [2.75, 3.05) is 0 Å². The maximum absolute atomic E-state index is 2.24. The van der Waals surface area contributed by atoms with Gasteiger partial charge >= 0.3 is 0 Å². The average molecular weight is 315 g/mol. The van der Waals surface area contributed by atoms with Crippen LogP contribution in [0.3, 0.4) is 0 Å². The molecule has 0 heterocycles. The van der Waals surface area contributed by atoms with E-state index in [0.717, 1.165) is 0 Å². The van der Waals surface area contributed by atoms with E-state index in [0.29, 0.717) is 11.8 Å². The van der Waals surface area contributed by atoms with E-state index in [2.05, 4.69) is 90.1 Å². The second-order valence-corrected chi connectivity index (χ2v) is 6.14. The van der Waals surface area contributed by atoms with E-state index >= 15 is 0 Å². The van der Waals surface area contributed by atoms with E-state index in [1.807, 2.05) is 13.8 Å². The Morgan fingerprint density at radius 2 is 0.913 bits per heavy atom. The van der Waals surface area contributed by atoms with Crippen LogP contribution in [0.5, 0.6) is 0 Å². The van der Waals surface area contributed by atoms with Crippen LogP contribution in [0.25, 0.3) is 0 Å². The summed E-state index contributed by atoms with van der Waals surface area (Å²) in [6.07, 6.45) is 0. The molecule has 0 atom stereocenters. The Morgan fingerprint density at radius 3 is 1.09 bits per heavy atom. The highest BCUT2D eigenvalue weighted by molar-refractivity contribution is 5.25. The van der Waals surface area contributed by atoms with Crippen molar-refractivity contribution in [1.29, 1.82) is 0 Å². The molecule has 2 rings (SSSR count). The van der Waals surface area contributed by atoms with E-state index in [1.54, 1.807) is 0 Å². The average Bonchev–Trinajstić information content (AvgIpc) is 2.50. The van der Waals surface area contributed by atoms with Crippen molar-refractivity contribution in [2.24, 2.45) is 0 Å². The smallest absolute Gasteiger partial charge is 0.0219 e. The van der Waals surface area contributed by atoms with Crippen LogP contribution in [-0.2, 0) is 0 Å². The first kappa shape index (κ1) is 23.7. The largest absolute Gasteiger partial charge is 0.0776 e. The summed E-state index contributed by atoms with van der Waals surface area (Å²) in [5.41, 5.74) is 5.57. The number of benzene rings is 2. The molecule has 0 aliphatic carbocycles. The van der Waals surface area contributed by atoms with Gasteiger partial charge in [0.25, 0.3) is 0 Å². The molecule has 2 aromatic carbocycles. The molecule has 130 valence electrons. The summed E-state index contributed by atoms with van der Waals surface area (Å²) in [4.78, 5) is 0. The quantitative estimate of drug-likeness (QED) is 0.528. The molecule has 0 aliphatic rings. The van der Waals surface area contributed by atoms with E-state index < -0.39 is 0 Å². The third-order valence-corrected chi connectivity index (χ3v) is 3.42. The lowest BCUT2D eigenvalue weighted by Gasteiger charge is -2.04. The minimum atomic E-state index is 0. The molecule has 0 spiro atoms. The van der Waals surface area contributed by atoms with Gasteiger partial charge in [0.1, 0.15) is 0 Å². The van der Waals surface area contributed by atoms with Crippen LogP contribution in [0.2, 0.25) is 0 Å². The van der Waals surface area contributed by atoms with Gasteiger partial charge in [-0.1, -0.05) is 109 Å². The molecule has 0 fully saturated rings. The Kier molecular flexibility index (Phi) is 13.3. The topological polar surface area (TPSA) is 0 Å². The molecule has 23 heavy (non-hydrogen) atoms. The first-order valence-electron chi connectivity index (χ1n) is 8.53. The van der Waals surface area contributed by atoms with Gasteiger partial charge < -0.3 is 0 Å². The molecule has 2 aromatic rings. The Labute approximate surface area is 146 Å². The highest BCUT2D eigenvalue weighted by Gasteiger charge is 1.96. The lowest BCUT2D eigenvalue weighted by Crippen LogP contribution is -1.86. The molecule has 0 aliphatic heterocycles. The van der Waals surface area contributed by atoms with E-state index in [9.17, 15) is 0 Å². The van der Waals surface area contributed by atoms with Crippen molar-refractivity contribution < 1.29 is 0 Å². The van der Waals surface area contributed by atoms with Gasteiger partial charge in [0.05, 0.1) is 0 Å². The normalized spacial score (nSPS) is 9.30. The second kappa shape index (κ2) is 12.9. The van der Waals surface area contributed by atoms with Crippen LogP contribution < -0.4 is 0 Å². The minimum Gasteiger partial charge on any atom is -0.0776 e. The summed E-state index contributed by atoms with van der Waals surface area (Å²) in [7, 11) is 0. The Morgan fingerprint density at radius 1 is 0.609 bits per heavy atom. The fourth-order valence-corrected chi connectivity index (χ4v) is 2.06. The molecule has 0 saturated carbocycles. The van der Waals surface area contributed by atoms with Crippen molar-refractivity contribution in [3.63, 3.8) is 0 Å². The molecular formula is C23H38. The summed E-state index contributed by atoms with van der Waals surface area (Å²) in [5, 5.41) is 0. The summed E-state index contributed by atoms with van der Waals surface area (Å²) in [6, 6.07) is 17.3. The summed E-state index contributed by atoms with van der Waals surface area (Å²) >= 11 is 0. The first-order chi connectivity index (χ1) is 10.4. The monoisotopic (exact) mass is 314 g/mol. The fraction of sp³-hybridized carbons (Fsp3) is 0.478. The zero-order valence-electron chi connectivity index (χ0n) is 15.8. The molecule has 0 aromatic heterocycles. The Hall–Kier alpha value is -1.56. The maximum atomic E-state index is 2.24. The molecule has 0 N–H and O–H groups in total. The number of aryl methyl sites for hydroxylation is 2. The SMILES string of the molecule is C.CC.Cc1cccc(C(C)C)c1.Cc1cccc(C(C)C)c1. The van der Waals surface area contributed by atoms with E-state index in [4.69, 9.17) is 0 Å². The van der Waals surface area contributed by atoms with Crippen molar-refractivity contribution >= 4 is 0 Å². The zero-order valence-corrected chi connectivity index (χ0v) is 15.8.